The fourth-order valence-corrected chi connectivity index (χ4v) is 1.00. The average molecular weight is 181 g/mol. The van der Waals surface area contributed by atoms with Crippen LogP contribution < -0.4 is 4.74 Å². The Kier molecular flexibility index (Phi) is 2.84. The van der Waals surface area contributed by atoms with Crippen LogP contribution in [0.5, 0.6) is 5.88 Å². The Morgan fingerprint density at radius 2 is 2.38 bits per heavy atom. The highest BCUT2D eigenvalue weighted by atomic mass is 16.5. The molecule has 0 fully saturated rings. The quantitative estimate of drug-likeness (QED) is 0.764. The van der Waals surface area contributed by atoms with Gasteiger partial charge in [-0.2, -0.15) is 0 Å². The van der Waals surface area contributed by atoms with Crippen molar-refractivity contribution in [2.24, 2.45) is 0 Å². The van der Waals surface area contributed by atoms with E-state index in [0.29, 0.717) is 0 Å². The summed E-state index contributed by atoms with van der Waals surface area (Å²) in [5.74, 6) is -0.857. The van der Waals surface area contributed by atoms with Crippen LogP contribution in [-0.2, 0) is 6.42 Å². The van der Waals surface area contributed by atoms with Gasteiger partial charge in [0.05, 0.1) is 7.11 Å². The third-order valence-corrected chi connectivity index (χ3v) is 1.74. The highest BCUT2D eigenvalue weighted by Gasteiger charge is 2.12. The minimum atomic E-state index is -1.01. The first-order chi connectivity index (χ1) is 6.19. The van der Waals surface area contributed by atoms with E-state index < -0.39 is 5.97 Å². The first kappa shape index (κ1) is 9.51. The summed E-state index contributed by atoms with van der Waals surface area (Å²) < 4.78 is 4.81. The summed E-state index contributed by atoms with van der Waals surface area (Å²) in [6.45, 7) is 1.94. The molecule has 0 spiro atoms. The number of rotatable bonds is 3. The number of carbonyl (C=O) groups is 1. The summed E-state index contributed by atoms with van der Waals surface area (Å²) in [7, 11) is 1.40. The van der Waals surface area contributed by atoms with E-state index in [9.17, 15) is 4.79 Å². The van der Waals surface area contributed by atoms with Crippen molar-refractivity contribution in [1.29, 1.82) is 0 Å². The van der Waals surface area contributed by atoms with E-state index in [0.717, 1.165) is 12.0 Å². The summed E-state index contributed by atoms with van der Waals surface area (Å²) in [4.78, 5) is 14.6. The maximum Gasteiger partial charge on any atom is 0.341 e. The molecule has 4 nitrogen and oxygen atoms in total. The standard InChI is InChI=1S/C9H11NO3/c1-3-6-4-7(9(11)12)8(13-2)10-5-6/h4-5H,3H2,1-2H3,(H,11,12). The van der Waals surface area contributed by atoms with Crippen molar-refractivity contribution < 1.29 is 14.6 Å². The summed E-state index contributed by atoms with van der Waals surface area (Å²) in [6, 6.07) is 1.58. The van der Waals surface area contributed by atoms with Crippen LogP contribution in [0, 0.1) is 0 Å². The molecular formula is C9H11NO3. The average Bonchev–Trinajstić information content (AvgIpc) is 2.16. The normalized spacial score (nSPS) is 9.69. The molecule has 0 aliphatic rings. The molecule has 0 bridgehead atoms. The summed E-state index contributed by atoms with van der Waals surface area (Å²) in [5, 5.41) is 8.80. The number of nitrogens with zero attached hydrogens (tertiary/aromatic N) is 1. The molecule has 4 heteroatoms. The Bertz CT molecular complexity index is 323. The number of carboxylic acid groups (broad SMARTS) is 1. The molecular weight excluding hydrogens is 170 g/mol. The highest BCUT2D eigenvalue weighted by Crippen LogP contribution is 2.16. The molecule has 1 rings (SSSR count). The van der Waals surface area contributed by atoms with E-state index in [1.807, 2.05) is 6.92 Å². The van der Waals surface area contributed by atoms with Crippen molar-refractivity contribution in [3.05, 3.63) is 23.4 Å². The second-order valence-electron chi connectivity index (χ2n) is 2.56. The van der Waals surface area contributed by atoms with Gasteiger partial charge in [0.1, 0.15) is 5.56 Å². The van der Waals surface area contributed by atoms with Crippen molar-refractivity contribution in [3.63, 3.8) is 0 Å². The van der Waals surface area contributed by atoms with Crippen molar-refractivity contribution >= 4 is 5.97 Å². The Morgan fingerprint density at radius 1 is 1.69 bits per heavy atom. The maximum atomic E-state index is 10.7. The minimum Gasteiger partial charge on any atom is -0.480 e. The smallest absolute Gasteiger partial charge is 0.341 e. The van der Waals surface area contributed by atoms with Gasteiger partial charge in [-0.3, -0.25) is 0 Å². The predicted octanol–water partition coefficient (Wildman–Crippen LogP) is 1.35. The number of carboxylic acids is 1. The molecule has 0 saturated carbocycles. The van der Waals surface area contributed by atoms with Gasteiger partial charge in [-0.25, -0.2) is 9.78 Å². The molecule has 13 heavy (non-hydrogen) atoms. The Morgan fingerprint density at radius 3 is 2.85 bits per heavy atom. The molecule has 0 saturated heterocycles. The van der Waals surface area contributed by atoms with Gasteiger partial charge in [0, 0.05) is 6.20 Å². The second-order valence-corrected chi connectivity index (χ2v) is 2.56. The van der Waals surface area contributed by atoms with Crippen molar-refractivity contribution in [2.45, 2.75) is 13.3 Å². The molecule has 0 aliphatic heterocycles. The van der Waals surface area contributed by atoms with Crippen LogP contribution in [0.25, 0.3) is 0 Å². The fourth-order valence-electron chi connectivity index (χ4n) is 1.00. The number of pyridine rings is 1. The van der Waals surface area contributed by atoms with E-state index in [1.54, 1.807) is 12.3 Å². The van der Waals surface area contributed by atoms with Crippen LogP contribution in [-0.4, -0.2) is 23.2 Å². The zero-order valence-corrected chi connectivity index (χ0v) is 7.57. The van der Waals surface area contributed by atoms with E-state index in [1.165, 1.54) is 7.11 Å². The summed E-state index contributed by atoms with van der Waals surface area (Å²) in [5.41, 5.74) is 1.00. The van der Waals surface area contributed by atoms with E-state index in [4.69, 9.17) is 9.84 Å². The van der Waals surface area contributed by atoms with Gasteiger partial charge in [0.15, 0.2) is 0 Å². The fraction of sp³-hybridized carbons (Fsp3) is 0.333. The van der Waals surface area contributed by atoms with E-state index >= 15 is 0 Å². The number of aryl methyl sites for hydroxylation is 1. The molecule has 0 atom stereocenters. The van der Waals surface area contributed by atoms with E-state index in [2.05, 4.69) is 4.98 Å². The highest BCUT2D eigenvalue weighted by molar-refractivity contribution is 5.90. The Hall–Kier alpha value is -1.58. The molecule has 70 valence electrons. The van der Waals surface area contributed by atoms with E-state index in [-0.39, 0.29) is 11.4 Å². The minimum absolute atomic E-state index is 0.113. The molecule has 1 heterocycles. The molecule has 0 unspecified atom stereocenters. The van der Waals surface area contributed by atoms with Crippen LogP contribution in [0.1, 0.15) is 22.8 Å². The molecule has 1 aromatic rings. The molecule has 0 aliphatic carbocycles. The SMILES string of the molecule is CCc1cnc(OC)c(C(=O)O)c1. The van der Waals surface area contributed by atoms with Gasteiger partial charge >= 0.3 is 5.97 Å². The number of ether oxygens (including phenoxy) is 1. The lowest BCUT2D eigenvalue weighted by Crippen LogP contribution is -2.03. The lowest BCUT2D eigenvalue weighted by atomic mass is 10.1. The van der Waals surface area contributed by atoms with Crippen molar-refractivity contribution in [2.75, 3.05) is 7.11 Å². The number of hydrogen-bond donors (Lipinski definition) is 1. The summed E-state index contributed by atoms with van der Waals surface area (Å²) in [6.07, 6.45) is 2.38. The lowest BCUT2D eigenvalue weighted by molar-refractivity contribution is 0.0692. The first-order valence-electron chi connectivity index (χ1n) is 3.95. The largest absolute Gasteiger partial charge is 0.480 e. The predicted molar refractivity (Wildman–Crippen MR) is 47.1 cm³/mol. The third kappa shape index (κ3) is 1.96. The molecule has 0 aromatic carbocycles. The Labute approximate surface area is 76.2 Å². The lowest BCUT2D eigenvalue weighted by Gasteiger charge is -2.04. The number of aromatic nitrogens is 1. The van der Waals surface area contributed by atoms with Crippen LogP contribution in [0.3, 0.4) is 0 Å². The number of hydrogen-bond acceptors (Lipinski definition) is 3. The Balaban J connectivity index is 3.18. The monoisotopic (exact) mass is 181 g/mol. The maximum absolute atomic E-state index is 10.7. The molecule has 0 amide bonds. The van der Waals surface area contributed by atoms with Gasteiger partial charge in [0.25, 0.3) is 0 Å². The van der Waals surface area contributed by atoms with Gasteiger partial charge in [-0.05, 0) is 18.1 Å². The van der Waals surface area contributed by atoms with Gasteiger partial charge in [0.2, 0.25) is 5.88 Å². The molecule has 0 radical (unpaired) electrons. The van der Waals surface area contributed by atoms with Crippen molar-refractivity contribution in [1.82, 2.24) is 4.98 Å². The number of methoxy groups -OCH3 is 1. The zero-order chi connectivity index (χ0) is 9.84. The molecule has 1 aromatic heterocycles. The van der Waals surface area contributed by atoms with Crippen LogP contribution in [0.15, 0.2) is 12.3 Å². The topological polar surface area (TPSA) is 59.4 Å². The van der Waals surface area contributed by atoms with Crippen LogP contribution >= 0.6 is 0 Å². The molecule has 1 N–H and O–H groups in total. The summed E-state index contributed by atoms with van der Waals surface area (Å²) >= 11 is 0. The first-order valence-corrected chi connectivity index (χ1v) is 3.95. The van der Waals surface area contributed by atoms with Crippen LogP contribution in [0.2, 0.25) is 0 Å². The van der Waals surface area contributed by atoms with Gasteiger partial charge in [-0.15, -0.1) is 0 Å². The zero-order valence-electron chi connectivity index (χ0n) is 7.57. The van der Waals surface area contributed by atoms with Gasteiger partial charge < -0.3 is 9.84 Å². The second kappa shape index (κ2) is 3.89. The van der Waals surface area contributed by atoms with Gasteiger partial charge in [-0.1, -0.05) is 6.92 Å². The van der Waals surface area contributed by atoms with Crippen molar-refractivity contribution in [3.8, 4) is 5.88 Å². The number of aromatic carboxylic acids is 1. The van der Waals surface area contributed by atoms with Crippen LogP contribution in [0.4, 0.5) is 0 Å². The third-order valence-electron chi connectivity index (χ3n) is 1.74.